The minimum atomic E-state index is -1.54. The minimum absolute atomic E-state index is 0.0409. The molecule has 2 rings (SSSR count). The quantitative estimate of drug-likeness (QED) is 0.221. The molecule has 0 radical (unpaired) electrons. The number of piperidine rings is 1. The standard InChI is InChI=1S/C19H34N4O8/c1-18(2)7-11(8-19(3,4)23(18)30)16(27)31-9-10-6-12(24)13(15(26)14(10)25)20-17(28)22(5)21-29/h10-15,24-26,30H,6-9H2,1-5H3,(H,20,28)/t10-,12-,13+,14-,15-/m1/s1. The number of hydrogen-bond acceptors (Lipinski definition) is 10. The number of rotatable bonds is 5. The zero-order chi connectivity index (χ0) is 23.7. The van der Waals surface area contributed by atoms with E-state index in [0.717, 1.165) is 7.05 Å². The number of nitrogens with one attached hydrogen (secondary N) is 1. The largest absolute Gasteiger partial charge is 0.465 e. The number of hydroxylamine groups is 2. The van der Waals surface area contributed by atoms with Crippen LogP contribution in [-0.4, -0.2) is 91.7 Å². The van der Waals surface area contributed by atoms with E-state index in [-0.39, 0.29) is 13.0 Å². The molecule has 12 heteroatoms. The van der Waals surface area contributed by atoms with Gasteiger partial charge in [-0.05, 0) is 47.0 Å². The summed E-state index contributed by atoms with van der Waals surface area (Å²) in [4.78, 5) is 34.9. The maximum absolute atomic E-state index is 12.7. The first-order valence-corrected chi connectivity index (χ1v) is 10.3. The van der Waals surface area contributed by atoms with E-state index in [4.69, 9.17) is 4.74 Å². The van der Waals surface area contributed by atoms with Crippen LogP contribution in [-0.2, 0) is 9.53 Å². The molecule has 12 nitrogen and oxygen atoms in total. The van der Waals surface area contributed by atoms with Gasteiger partial charge in [0.25, 0.3) is 0 Å². The number of urea groups is 1. The summed E-state index contributed by atoms with van der Waals surface area (Å²) >= 11 is 0. The summed E-state index contributed by atoms with van der Waals surface area (Å²) in [5.41, 5.74) is -1.26. The number of ether oxygens (including phenoxy) is 1. The summed E-state index contributed by atoms with van der Waals surface area (Å²) in [6.07, 6.45) is -3.41. The normalized spacial score (nSPS) is 33.4. The molecular weight excluding hydrogens is 412 g/mol. The molecule has 5 atom stereocenters. The Morgan fingerprint density at radius 3 is 2.19 bits per heavy atom. The van der Waals surface area contributed by atoms with Crippen molar-refractivity contribution in [1.29, 1.82) is 0 Å². The van der Waals surface area contributed by atoms with Crippen LogP contribution >= 0.6 is 0 Å². The number of hydrogen-bond donors (Lipinski definition) is 5. The fourth-order valence-corrected chi connectivity index (χ4v) is 4.68. The molecule has 2 aliphatic rings. The first-order chi connectivity index (χ1) is 14.2. The Balaban J connectivity index is 1.96. The summed E-state index contributed by atoms with van der Waals surface area (Å²) in [7, 11) is 1.10. The molecule has 0 aromatic heterocycles. The second-order valence-electron chi connectivity index (χ2n) is 9.80. The molecule has 178 valence electrons. The van der Waals surface area contributed by atoms with Crippen molar-refractivity contribution in [3.8, 4) is 0 Å². The highest BCUT2D eigenvalue weighted by Gasteiger charge is 2.48. The topological polar surface area (TPSA) is 172 Å². The molecule has 0 bridgehead atoms. The van der Waals surface area contributed by atoms with Crippen LogP contribution in [0.3, 0.4) is 0 Å². The Labute approximate surface area is 181 Å². The molecule has 1 heterocycles. The smallest absolute Gasteiger partial charge is 0.340 e. The highest BCUT2D eigenvalue weighted by molar-refractivity contribution is 5.74. The zero-order valence-electron chi connectivity index (χ0n) is 18.6. The highest BCUT2D eigenvalue weighted by Crippen LogP contribution is 2.40. The Morgan fingerprint density at radius 1 is 1.13 bits per heavy atom. The molecular formula is C19H34N4O8. The predicted octanol–water partition coefficient (Wildman–Crippen LogP) is -0.0180. The van der Waals surface area contributed by atoms with Gasteiger partial charge in [0.05, 0.1) is 36.1 Å². The Bertz CT molecular complexity index is 670. The lowest BCUT2D eigenvalue weighted by Gasteiger charge is -2.50. The number of esters is 1. The van der Waals surface area contributed by atoms with Gasteiger partial charge in [-0.15, -0.1) is 4.91 Å². The molecule has 0 unspecified atom stereocenters. The van der Waals surface area contributed by atoms with Crippen molar-refractivity contribution in [2.45, 2.75) is 82.4 Å². The summed E-state index contributed by atoms with van der Waals surface area (Å²) in [5.74, 6) is -1.68. The zero-order valence-corrected chi connectivity index (χ0v) is 18.6. The average Bonchev–Trinajstić information content (AvgIpc) is 2.69. The van der Waals surface area contributed by atoms with E-state index in [0.29, 0.717) is 17.9 Å². The average molecular weight is 447 g/mol. The van der Waals surface area contributed by atoms with Gasteiger partial charge in [0.15, 0.2) is 0 Å². The minimum Gasteiger partial charge on any atom is -0.465 e. The lowest BCUT2D eigenvalue weighted by molar-refractivity contribution is -0.252. The number of nitrogens with zero attached hydrogens (tertiary/aromatic N) is 3. The first-order valence-electron chi connectivity index (χ1n) is 10.3. The van der Waals surface area contributed by atoms with Crippen molar-refractivity contribution in [1.82, 2.24) is 15.4 Å². The van der Waals surface area contributed by atoms with Crippen LogP contribution in [0.2, 0.25) is 0 Å². The van der Waals surface area contributed by atoms with Gasteiger partial charge in [-0.25, -0.2) is 4.79 Å². The van der Waals surface area contributed by atoms with Gasteiger partial charge in [0.2, 0.25) is 0 Å². The van der Waals surface area contributed by atoms with E-state index < -0.39 is 59.3 Å². The monoisotopic (exact) mass is 446 g/mol. The Kier molecular flexibility index (Phi) is 7.64. The third-order valence-electron chi connectivity index (χ3n) is 6.28. The summed E-state index contributed by atoms with van der Waals surface area (Å²) in [6.45, 7) is 7.11. The summed E-state index contributed by atoms with van der Waals surface area (Å²) in [6, 6.07) is -2.15. The lowest BCUT2D eigenvalue weighted by Crippen LogP contribution is -2.62. The molecule has 31 heavy (non-hydrogen) atoms. The second kappa shape index (κ2) is 9.33. The molecule has 1 saturated carbocycles. The van der Waals surface area contributed by atoms with Gasteiger partial charge >= 0.3 is 12.0 Å². The molecule has 1 saturated heterocycles. The number of amides is 2. The van der Waals surface area contributed by atoms with Crippen LogP contribution in [0.15, 0.2) is 5.29 Å². The maximum Gasteiger partial charge on any atom is 0.340 e. The number of nitroso groups, excluding NO2 is 1. The SMILES string of the molecule is CN(N=O)C(=O)N[C@@H]1[C@@H](O)[C@H](O)[C@@H](COC(=O)C2CC(C)(C)N(O)C(C)(C)C2)C[C@H]1O. The molecule has 2 amide bonds. The predicted molar refractivity (Wildman–Crippen MR) is 107 cm³/mol. The first kappa shape index (κ1) is 25.4. The van der Waals surface area contributed by atoms with Crippen LogP contribution in [0.25, 0.3) is 0 Å². The van der Waals surface area contributed by atoms with Crippen LogP contribution in [0.1, 0.15) is 47.0 Å². The van der Waals surface area contributed by atoms with Gasteiger partial charge in [-0.2, -0.15) is 10.1 Å². The third kappa shape index (κ3) is 5.50. The van der Waals surface area contributed by atoms with Crippen LogP contribution < -0.4 is 5.32 Å². The maximum atomic E-state index is 12.7. The van der Waals surface area contributed by atoms with Gasteiger partial charge in [0.1, 0.15) is 6.10 Å². The molecule has 2 fully saturated rings. The van der Waals surface area contributed by atoms with Crippen LogP contribution in [0.5, 0.6) is 0 Å². The van der Waals surface area contributed by atoms with E-state index in [9.17, 15) is 35.0 Å². The summed E-state index contributed by atoms with van der Waals surface area (Å²) < 4.78 is 5.41. The number of carbonyl (C=O) groups is 2. The molecule has 1 aliphatic heterocycles. The number of aliphatic hydroxyl groups excluding tert-OH is 3. The molecule has 5 N–H and O–H groups in total. The molecule has 0 aromatic rings. The van der Waals surface area contributed by atoms with Gasteiger partial charge in [0, 0.05) is 24.0 Å². The van der Waals surface area contributed by atoms with Crippen molar-refractivity contribution < 1.29 is 34.9 Å². The number of aliphatic hydroxyl groups is 3. The molecule has 1 aliphatic carbocycles. The van der Waals surface area contributed by atoms with Crippen molar-refractivity contribution in [2.24, 2.45) is 17.1 Å². The second-order valence-corrected chi connectivity index (χ2v) is 9.80. The van der Waals surface area contributed by atoms with Gasteiger partial charge in [-0.3, -0.25) is 4.79 Å². The van der Waals surface area contributed by atoms with E-state index in [1.807, 2.05) is 27.7 Å². The highest BCUT2D eigenvalue weighted by atomic mass is 16.5. The Hall–Kier alpha value is -1.86. The van der Waals surface area contributed by atoms with E-state index in [1.165, 1.54) is 5.06 Å². The van der Waals surface area contributed by atoms with Crippen molar-refractivity contribution >= 4 is 12.0 Å². The fraction of sp³-hybridized carbons (Fsp3) is 0.895. The summed E-state index contributed by atoms with van der Waals surface area (Å²) in [5, 5.41) is 47.8. The van der Waals surface area contributed by atoms with Crippen molar-refractivity contribution in [3.05, 3.63) is 4.91 Å². The van der Waals surface area contributed by atoms with E-state index in [1.54, 1.807) is 0 Å². The molecule has 0 spiro atoms. The van der Waals surface area contributed by atoms with Gasteiger partial charge < -0.3 is 30.6 Å². The number of carbonyl (C=O) groups excluding carboxylic acids is 2. The van der Waals surface area contributed by atoms with Crippen LogP contribution in [0.4, 0.5) is 4.79 Å². The Morgan fingerprint density at radius 2 is 1.68 bits per heavy atom. The fourth-order valence-electron chi connectivity index (χ4n) is 4.68. The van der Waals surface area contributed by atoms with E-state index >= 15 is 0 Å². The van der Waals surface area contributed by atoms with Crippen molar-refractivity contribution in [2.75, 3.05) is 13.7 Å². The van der Waals surface area contributed by atoms with Gasteiger partial charge in [-0.1, -0.05) is 0 Å². The lowest BCUT2D eigenvalue weighted by atomic mass is 9.75. The van der Waals surface area contributed by atoms with Crippen LogP contribution in [0, 0.1) is 16.7 Å². The third-order valence-corrected chi connectivity index (χ3v) is 6.28. The van der Waals surface area contributed by atoms with E-state index in [2.05, 4.69) is 10.6 Å². The molecule has 0 aromatic carbocycles. The van der Waals surface area contributed by atoms with Crippen molar-refractivity contribution in [3.63, 3.8) is 0 Å².